The highest BCUT2D eigenvalue weighted by atomic mass is 32.2. The van der Waals surface area contributed by atoms with E-state index in [-0.39, 0.29) is 0 Å². The Hall–Kier alpha value is -0.670. The molecule has 2 nitrogen and oxygen atoms in total. The highest BCUT2D eigenvalue weighted by molar-refractivity contribution is 7.99. The summed E-state index contributed by atoms with van der Waals surface area (Å²) in [6, 6.07) is 8.74. The quantitative estimate of drug-likeness (QED) is 0.882. The van der Waals surface area contributed by atoms with Gasteiger partial charge in [0.1, 0.15) is 0 Å². The summed E-state index contributed by atoms with van der Waals surface area (Å²) in [6.07, 6.45) is 1.24. The number of hydrogen-bond donors (Lipinski definition) is 1. The fraction of sp³-hybridized carbons (Fsp3) is 0.600. The minimum Gasteiger partial charge on any atom is -0.384 e. The molecule has 2 heterocycles. The Morgan fingerprint density at radius 1 is 1.39 bits per heavy atom. The second kappa shape index (κ2) is 5.54. The first-order chi connectivity index (χ1) is 8.81. The topological polar surface area (TPSA) is 15.3 Å². The molecule has 3 heteroatoms. The standard InChI is InChI=1S/C15H22N2S/c1-12-10-17(6-7-18-12)11-13-8-14-4-2-3-5-15(14)16-9-13/h2-5,12-13,16H,6-11H2,1H3. The lowest BCUT2D eigenvalue weighted by atomic mass is 9.93. The lowest BCUT2D eigenvalue weighted by Crippen LogP contribution is -2.42. The Kier molecular flexibility index (Phi) is 3.80. The second-order valence-electron chi connectivity index (χ2n) is 5.55. The van der Waals surface area contributed by atoms with Crippen molar-refractivity contribution in [1.82, 2.24) is 4.90 Å². The summed E-state index contributed by atoms with van der Waals surface area (Å²) >= 11 is 2.12. The van der Waals surface area contributed by atoms with Gasteiger partial charge in [-0.3, -0.25) is 0 Å². The molecule has 1 fully saturated rings. The van der Waals surface area contributed by atoms with Gasteiger partial charge in [-0.1, -0.05) is 25.1 Å². The van der Waals surface area contributed by atoms with Crippen LogP contribution >= 0.6 is 11.8 Å². The Labute approximate surface area is 114 Å². The van der Waals surface area contributed by atoms with Crippen molar-refractivity contribution in [3.8, 4) is 0 Å². The monoisotopic (exact) mass is 262 g/mol. The third kappa shape index (κ3) is 2.83. The molecule has 0 radical (unpaired) electrons. The van der Waals surface area contributed by atoms with Crippen molar-refractivity contribution in [3.05, 3.63) is 29.8 Å². The van der Waals surface area contributed by atoms with Gasteiger partial charge in [0.15, 0.2) is 0 Å². The summed E-state index contributed by atoms with van der Waals surface area (Å²) in [5.41, 5.74) is 2.84. The van der Waals surface area contributed by atoms with Crippen molar-refractivity contribution in [3.63, 3.8) is 0 Å². The number of para-hydroxylation sites is 1. The Balaban J connectivity index is 1.59. The number of hydrogen-bond acceptors (Lipinski definition) is 3. The van der Waals surface area contributed by atoms with Gasteiger partial charge in [0.05, 0.1) is 0 Å². The molecular formula is C15H22N2S. The average molecular weight is 262 g/mol. The third-order valence-corrected chi connectivity index (χ3v) is 5.09. The fourth-order valence-corrected chi connectivity index (χ4v) is 4.14. The summed E-state index contributed by atoms with van der Waals surface area (Å²) < 4.78 is 0. The van der Waals surface area contributed by atoms with E-state index in [1.807, 2.05) is 0 Å². The predicted octanol–water partition coefficient (Wildman–Crippen LogP) is 2.71. The minimum absolute atomic E-state index is 0.773. The van der Waals surface area contributed by atoms with Crippen molar-refractivity contribution in [2.45, 2.75) is 18.6 Å². The van der Waals surface area contributed by atoms with Crippen LogP contribution in [0.2, 0.25) is 0 Å². The van der Waals surface area contributed by atoms with E-state index in [1.165, 1.54) is 43.1 Å². The van der Waals surface area contributed by atoms with E-state index in [4.69, 9.17) is 0 Å². The Morgan fingerprint density at radius 3 is 3.17 bits per heavy atom. The molecule has 1 saturated heterocycles. The van der Waals surface area contributed by atoms with Gasteiger partial charge in [0.2, 0.25) is 0 Å². The molecule has 18 heavy (non-hydrogen) atoms. The first-order valence-corrected chi connectivity index (χ1v) is 8.02. The van der Waals surface area contributed by atoms with Crippen molar-refractivity contribution in [1.29, 1.82) is 0 Å². The number of thioether (sulfide) groups is 1. The maximum atomic E-state index is 3.58. The van der Waals surface area contributed by atoms with Crippen molar-refractivity contribution >= 4 is 17.4 Å². The van der Waals surface area contributed by atoms with Crippen LogP contribution in [0, 0.1) is 5.92 Å². The summed E-state index contributed by atoms with van der Waals surface area (Å²) in [5.74, 6) is 2.08. The zero-order valence-corrected chi connectivity index (χ0v) is 11.9. The van der Waals surface area contributed by atoms with Crippen LogP contribution in [0.3, 0.4) is 0 Å². The van der Waals surface area contributed by atoms with Gasteiger partial charge < -0.3 is 10.2 Å². The van der Waals surface area contributed by atoms with E-state index < -0.39 is 0 Å². The van der Waals surface area contributed by atoms with Gasteiger partial charge in [-0.05, 0) is 24.0 Å². The maximum Gasteiger partial charge on any atom is 0.0372 e. The molecule has 0 aromatic heterocycles. The lowest BCUT2D eigenvalue weighted by Gasteiger charge is -2.35. The molecule has 0 amide bonds. The molecule has 0 spiro atoms. The molecule has 2 aliphatic heterocycles. The van der Waals surface area contributed by atoms with Gasteiger partial charge in [0, 0.05) is 42.9 Å². The Bertz CT molecular complexity index is 407. The normalized spacial score (nSPS) is 28.5. The van der Waals surface area contributed by atoms with Crippen LogP contribution in [0.25, 0.3) is 0 Å². The summed E-state index contributed by atoms with van der Waals surface area (Å²) in [6.45, 7) is 7.28. The van der Waals surface area contributed by atoms with Crippen LogP contribution in [0.15, 0.2) is 24.3 Å². The number of nitrogens with zero attached hydrogens (tertiary/aromatic N) is 1. The van der Waals surface area contributed by atoms with E-state index >= 15 is 0 Å². The SMILES string of the molecule is CC1CN(CC2CNc3ccccc3C2)CCS1. The molecule has 0 aliphatic carbocycles. The molecular weight excluding hydrogens is 240 g/mol. The van der Waals surface area contributed by atoms with E-state index in [9.17, 15) is 0 Å². The highest BCUT2D eigenvalue weighted by Crippen LogP contribution is 2.26. The molecule has 1 aromatic rings. The highest BCUT2D eigenvalue weighted by Gasteiger charge is 2.23. The fourth-order valence-electron chi connectivity index (χ4n) is 3.06. The summed E-state index contributed by atoms with van der Waals surface area (Å²) in [5, 5.41) is 4.39. The van der Waals surface area contributed by atoms with Crippen molar-refractivity contribution in [2.75, 3.05) is 37.2 Å². The lowest BCUT2D eigenvalue weighted by molar-refractivity contribution is 0.242. The van der Waals surface area contributed by atoms with Crippen LogP contribution in [0.4, 0.5) is 5.69 Å². The summed E-state index contributed by atoms with van der Waals surface area (Å²) in [4.78, 5) is 2.65. The van der Waals surface area contributed by atoms with E-state index in [2.05, 4.69) is 53.2 Å². The maximum absolute atomic E-state index is 3.58. The molecule has 0 bridgehead atoms. The first kappa shape index (κ1) is 12.4. The number of benzene rings is 1. The number of nitrogens with one attached hydrogen (secondary N) is 1. The molecule has 1 N–H and O–H groups in total. The van der Waals surface area contributed by atoms with Crippen LogP contribution in [0.1, 0.15) is 12.5 Å². The van der Waals surface area contributed by atoms with Crippen molar-refractivity contribution < 1.29 is 0 Å². The molecule has 2 aliphatic rings. The van der Waals surface area contributed by atoms with Gasteiger partial charge in [0.25, 0.3) is 0 Å². The van der Waals surface area contributed by atoms with Gasteiger partial charge >= 0.3 is 0 Å². The van der Waals surface area contributed by atoms with Gasteiger partial charge in [-0.2, -0.15) is 11.8 Å². The van der Waals surface area contributed by atoms with E-state index in [0.717, 1.165) is 17.7 Å². The largest absolute Gasteiger partial charge is 0.384 e. The smallest absolute Gasteiger partial charge is 0.0372 e. The predicted molar refractivity (Wildman–Crippen MR) is 80.5 cm³/mol. The average Bonchev–Trinajstić information content (AvgIpc) is 2.39. The molecule has 2 unspecified atom stereocenters. The van der Waals surface area contributed by atoms with Crippen LogP contribution in [0.5, 0.6) is 0 Å². The molecule has 3 rings (SSSR count). The number of fused-ring (bicyclic) bond motifs is 1. The number of anilines is 1. The van der Waals surface area contributed by atoms with Crippen LogP contribution in [-0.4, -0.2) is 42.1 Å². The van der Waals surface area contributed by atoms with Crippen LogP contribution in [-0.2, 0) is 6.42 Å². The second-order valence-corrected chi connectivity index (χ2v) is 7.10. The number of rotatable bonds is 2. The minimum atomic E-state index is 0.773. The molecule has 98 valence electrons. The molecule has 1 aromatic carbocycles. The zero-order chi connectivity index (χ0) is 12.4. The van der Waals surface area contributed by atoms with Gasteiger partial charge in [-0.25, -0.2) is 0 Å². The van der Waals surface area contributed by atoms with Crippen LogP contribution < -0.4 is 5.32 Å². The van der Waals surface area contributed by atoms with Gasteiger partial charge in [-0.15, -0.1) is 0 Å². The van der Waals surface area contributed by atoms with E-state index in [0.29, 0.717) is 0 Å². The molecule has 2 atom stereocenters. The third-order valence-electron chi connectivity index (χ3n) is 3.95. The summed E-state index contributed by atoms with van der Waals surface area (Å²) in [7, 11) is 0. The molecule has 0 saturated carbocycles. The Morgan fingerprint density at radius 2 is 2.28 bits per heavy atom. The van der Waals surface area contributed by atoms with E-state index in [1.54, 1.807) is 0 Å². The van der Waals surface area contributed by atoms with Crippen molar-refractivity contribution in [2.24, 2.45) is 5.92 Å². The first-order valence-electron chi connectivity index (χ1n) is 6.97. The zero-order valence-electron chi connectivity index (χ0n) is 11.1.